The van der Waals surface area contributed by atoms with Gasteiger partial charge < -0.3 is 5.32 Å². The quantitative estimate of drug-likeness (QED) is 0.567. The summed E-state index contributed by atoms with van der Waals surface area (Å²) in [6.45, 7) is 2.11. The second-order valence-corrected chi connectivity index (χ2v) is 7.16. The number of carbonyl (C=O) groups is 1. The number of hydrogen-bond donors (Lipinski definition) is 2. The molecular weight excluding hydrogens is 407 g/mol. The largest absolute Gasteiger partial charge is 0.324 e. The fourth-order valence-electron chi connectivity index (χ4n) is 2.84. The Kier molecular flexibility index (Phi) is 6.37. The lowest BCUT2D eigenvalue weighted by Crippen LogP contribution is -2.32. The molecule has 5 heteroatoms. The Morgan fingerprint density at radius 3 is 2.33 bits per heavy atom. The average Bonchev–Trinajstić information content (AvgIpc) is 2.66. The van der Waals surface area contributed by atoms with Crippen molar-refractivity contribution in [1.29, 1.82) is 0 Å². The van der Waals surface area contributed by atoms with Crippen LogP contribution in [0.4, 0.5) is 10.1 Å². The van der Waals surface area contributed by atoms with Gasteiger partial charge in [0.1, 0.15) is 5.82 Å². The van der Waals surface area contributed by atoms with Crippen LogP contribution in [0, 0.1) is 12.7 Å². The van der Waals surface area contributed by atoms with Crippen LogP contribution in [0.15, 0.2) is 77.3 Å². The summed E-state index contributed by atoms with van der Waals surface area (Å²) in [5.41, 5.74) is 3.74. The van der Waals surface area contributed by atoms with Crippen LogP contribution in [-0.2, 0) is 4.79 Å². The van der Waals surface area contributed by atoms with Crippen LogP contribution in [0.1, 0.15) is 22.7 Å². The third-order valence-electron chi connectivity index (χ3n) is 4.20. The SMILES string of the molecule is Cc1ccc(NC(=O)CNC(c2ccccc2)c2ccc(F)cc2)c(Br)c1. The molecule has 3 aromatic carbocycles. The fourth-order valence-corrected chi connectivity index (χ4v) is 3.43. The van der Waals surface area contributed by atoms with Crippen molar-refractivity contribution in [1.82, 2.24) is 5.32 Å². The van der Waals surface area contributed by atoms with Crippen LogP contribution >= 0.6 is 15.9 Å². The predicted octanol–water partition coefficient (Wildman–Crippen LogP) is 5.21. The lowest BCUT2D eigenvalue weighted by molar-refractivity contribution is -0.115. The van der Waals surface area contributed by atoms with Crippen molar-refractivity contribution in [2.24, 2.45) is 0 Å². The van der Waals surface area contributed by atoms with E-state index in [1.807, 2.05) is 55.5 Å². The summed E-state index contributed by atoms with van der Waals surface area (Å²) in [6.07, 6.45) is 0. The maximum Gasteiger partial charge on any atom is 0.238 e. The van der Waals surface area contributed by atoms with Crippen molar-refractivity contribution in [3.8, 4) is 0 Å². The molecule has 0 saturated carbocycles. The van der Waals surface area contributed by atoms with Gasteiger partial charge >= 0.3 is 0 Å². The van der Waals surface area contributed by atoms with Crippen LogP contribution in [0.3, 0.4) is 0 Å². The summed E-state index contributed by atoms with van der Waals surface area (Å²) in [4.78, 5) is 12.4. The Morgan fingerprint density at radius 1 is 1.00 bits per heavy atom. The van der Waals surface area contributed by atoms with E-state index in [9.17, 15) is 9.18 Å². The van der Waals surface area contributed by atoms with Gasteiger partial charge in [-0.1, -0.05) is 48.5 Å². The maximum absolute atomic E-state index is 13.3. The molecule has 2 N–H and O–H groups in total. The van der Waals surface area contributed by atoms with Gasteiger partial charge in [0.2, 0.25) is 5.91 Å². The van der Waals surface area contributed by atoms with Crippen LogP contribution in [0.5, 0.6) is 0 Å². The van der Waals surface area contributed by atoms with E-state index in [1.165, 1.54) is 12.1 Å². The molecule has 0 spiro atoms. The summed E-state index contributed by atoms with van der Waals surface area (Å²) >= 11 is 3.47. The van der Waals surface area contributed by atoms with Crippen LogP contribution < -0.4 is 10.6 Å². The van der Waals surface area contributed by atoms with Crippen molar-refractivity contribution >= 4 is 27.5 Å². The molecule has 0 aliphatic heterocycles. The first-order chi connectivity index (χ1) is 13.0. The molecule has 3 nitrogen and oxygen atoms in total. The third kappa shape index (κ3) is 5.25. The van der Waals surface area contributed by atoms with E-state index in [0.29, 0.717) is 0 Å². The van der Waals surface area contributed by atoms with Gasteiger partial charge in [-0.2, -0.15) is 0 Å². The maximum atomic E-state index is 13.3. The Hall–Kier alpha value is -2.50. The minimum absolute atomic E-state index is 0.122. The van der Waals surface area contributed by atoms with Crippen molar-refractivity contribution in [2.75, 3.05) is 11.9 Å². The van der Waals surface area contributed by atoms with Gasteiger partial charge in [-0.05, 0) is 63.8 Å². The van der Waals surface area contributed by atoms with Crippen molar-refractivity contribution in [2.45, 2.75) is 13.0 Å². The van der Waals surface area contributed by atoms with Crippen molar-refractivity contribution < 1.29 is 9.18 Å². The zero-order valence-corrected chi connectivity index (χ0v) is 16.5. The molecule has 0 fully saturated rings. The van der Waals surface area contributed by atoms with Gasteiger partial charge in [0.15, 0.2) is 0 Å². The zero-order valence-electron chi connectivity index (χ0n) is 14.9. The smallest absolute Gasteiger partial charge is 0.238 e. The molecule has 0 heterocycles. The summed E-state index contributed by atoms with van der Waals surface area (Å²) in [5, 5.41) is 6.17. The number of anilines is 1. The molecule has 0 aliphatic carbocycles. The van der Waals surface area contributed by atoms with Gasteiger partial charge in [0.05, 0.1) is 18.3 Å². The highest BCUT2D eigenvalue weighted by Gasteiger charge is 2.15. The van der Waals surface area contributed by atoms with Gasteiger partial charge in [-0.25, -0.2) is 4.39 Å². The highest BCUT2D eigenvalue weighted by atomic mass is 79.9. The number of nitrogens with one attached hydrogen (secondary N) is 2. The predicted molar refractivity (Wildman–Crippen MR) is 110 cm³/mol. The molecule has 1 unspecified atom stereocenters. The van der Waals surface area contributed by atoms with E-state index in [4.69, 9.17) is 0 Å². The second kappa shape index (κ2) is 8.93. The molecule has 3 rings (SSSR count). The topological polar surface area (TPSA) is 41.1 Å². The normalized spacial score (nSPS) is 11.8. The monoisotopic (exact) mass is 426 g/mol. The zero-order chi connectivity index (χ0) is 19.2. The van der Waals surface area contributed by atoms with Gasteiger partial charge in [0.25, 0.3) is 0 Å². The Balaban J connectivity index is 1.72. The molecule has 3 aromatic rings. The minimum Gasteiger partial charge on any atom is -0.324 e. The number of benzene rings is 3. The van der Waals surface area contributed by atoms with Crippen molar-refractivity contribution in [3.05, 3.63) is 99.8 Å². The molecular formula is C22H20BrFN2O. The second-order valence-electron chi connectivity index (χ2n) is 6.31. The molecule has 0 bridgehead atoms. The van der Waals surface area contributed by atoms with E-state index < -0.39 is 0 Å². The summed E-state index contributed by atoms with van der Waals surface area (Å²) in [5.74, 6) is -0.435. The summed E-state index contributed by atoms with van der Waals surface area (Å²) < 4.78 is 14.1. The van der Waals surface area contributed by atoms with Crippen LogP contribution in [-0.4, -0.2) is 12.5 Å². The molecule has 0 aliphatic rings. The van der Waals surface area contributed by atoms with E-state index in [0.717, 1.165) is 26.9 Å². The number of aryl methyl sites for hydroxylation is 1. The lowest BCUT2D eigenvalue weighted by atomic mass is 9.98. The van der Waals surface area contributed by atoms with Gasteiger partial charge in [-0.15, -0.1) is 0 Å². The Morgan fingerprint density at radius 2 is 1.67 bits per heavy atom. The standard InChI is InChI=1S/C22H20BrFN2O/c1-15-7-12-20(19(23)13-15)26-21(27)14-25-22(16-5-3-2-4-6-16)17-8-10-18(24)11-9-17/h2-13,22,25H,14H2,1H3,(H,26,27). The highest BCUT2D eigenvalue weighted by molar-refractivity contribution is 9.10. The number of carbonyl (C=O) groups excluding carboxylic acids is 1. The van der Waals surface area contributed by atoms with Gasteiger partial charge in [0, 0.05) is 4.47 Å². The van der Waals surface area contributed by atoms with Crippen LogP contribution in [0.2, 0.25) is 0 Å². The number of halogens is 2. The average molecular weight is 427 g/mol. The minimum atomic E-state index is -0.285. The lowest BCUT2D eigenvalue weighted by Gasteiger charge is -2.20. The Bertz CT molecular complexity index is 913. The summed E-state index contributed by atoms with van der Waals surface area (Å²) in [7, 11) is 0. The Labute approximate surface area is 166 Å². The first-order valence-electron chi connectivity index (χ1n) is 8.63. The van der Waals surface area contributed by atoms with Gasteiger partial charge in [-0.3, -0.25) is 10.1 Å². The fraction of sp³-hybridized carbons (Fsp3) is 0.136. The highest BCUT2D eigenvalue weighted by Crippen LogP contribution is 2.24. The third-order valence-corrected chi connectivity index (χ3v) is 4.86. The van der Waals surface area contributed by atoms with E-state index >= 15 is 0 Å². The van der Waals surface area contributed by atoms with Crippen LogP contribution in [0.25, 0.3) is 0 Å². The first kappa shape index (κ1) is 19.3. The van der Waals surface area contributed by atoms with Crippen molar-refractivity contribution in [3.63, 3.8) is 0 Å². The molecule has 1 atom stereocenters. The number of amides is 1. The number of rotatable bonds is 6. The molecule has 27 heavy (non-hydrogen) atoms. The molecule has 0 radical (unpaired) electrons. The molecule has 138 valence electrons. The molecule has 0 aromatic heterocycles. The first-order valence-corrected chi connectivity index (χ1v) is 9.42. The van der Waals surface area contributed by atoms with E-state index in [-0.39, 0.29) is 24.3 Å². The van der Waals surface area contributed by atoms with E-state index in [1.54, 1.807) is 12.1 Å². The summed E-state index contributed by atoms with van der Waals surface area (Å²) in [6, 6.07) is 21.7. The van der Waals surface area contributed by atoms with E-state index in [2.05, 4.69) is 26.6 Å². The molecule has 0 saturated heterocycles. The number of hydrogen-bond acceptors (Lipinski definition) is 2. The molecule has 1 amide bonds.